The lowest BCUT2D eigenvalue weighted by molar-refractivity contribution is -0.132. The molecule has 0 unspecified atom stereocenters. The number of halogens is 1. The third kappa shape index (κ3) is 4.61. The maximum absolute atomic E-state index is 12.4. The molecule has 0 spiro atoms. The van der Waals surface area contributed by atoms with Crippen LogP contribution < -0.4 is 0 Å². The Bertz CT molecular complexity index is 806. The van der Waals surface area contributed by atoms with Gasteiger partial charge in [-0.05, 0) is 31.0 Å². The fraction of sp³-hybridized carbons (Fsp3) is 0.471. The number of thiazole rings is 1. The van der Waals surface area contributed by atoms with Crippen LogP contribution in [0.15, 0.2) is 22.5 Å². The van der Waals surface area contributed by atoms with Gasteiger partial charge in [-0.2, -0.15) is 0 Å². The quantitative estimate of drug-likeness (QED) is 0.749. The van der Waals surface area contributed by atoms with Crippen LogP contribution in [-0.2, 0) is 4.79 Å². The lowest BCUT2D eigenvalue weighted by Crippen LogP contribution is -2.47. The number of hydrogen-bond donors (Lipinski definition) is 1. The highest BCUT2D eigenvalue weighted by Gasteiger charge is 2.27. The molecule has 140 valence electrons. The van der Waals surface area contributed by atoms with Gasteiger partial charge in [-0.1, -0.05) is 23.4 Å². The van der Waals surface area contributed by atoms with Crippen molar-refractivity contribution in [2.75, 3.05) is 25.9 Å². The Balaban J connectivity index is 1.46. The molecule has 2 amide bonds. The monoisotopic (exact) mass is 413 g/mol. The number of carbonyl (C=O) groups excluding carboxylic acids is 1. The van der Waals surface area contributed by atoms with Crippen LogP contribution in [0.1, 0.15) is 19.3 Å². The molecule has 9 heteroatoms. The van der Waals surface area contributed by atoms with E-state index in [1.54, 1.807) is 28.0 Å². The van der Waals surface area contributed by atoms with Crippen molar-refractivity contribution < 1.29 is 14.7 Å². The van der Waals surface area contributed by atoms with Gasteiger partial charge in [-0.15, -0.1) is 11.3 Å². The first-order valence-corrected chi connectivity index (χ1v) is 10.5. The molecule has 26 heavy (non-hydrogen) atoms. The summed E-state index contributed by atoms with van der Waals surface area (Å²) in [4.78, 5) is 31.1. The molecule has 0 radical (unpaired) electrons. The highest BCUT2D eigenvalue weighted by Crippen LogP contribution is 2.31. The summed E-state index contributed by atoms with van der Waals surface area (Å²) in [5.74, 6) is 0.764. The van der Waals surface area contributed by atoms with Crippen molar-refractivity contribution in [2.45, 2.75) is 29.6 Å². The van der Waals surface area contributed by atoms with Gasteiger partial charge >= 0.3 is 6.09 Å². The topological polar surface area (TPSA) is 73.7 Å². The second-order valence-electron chi connectivity index (χ2n) is 6.20. The number of benzene rings is 1. The lowest BCUT2D eigenvalue weighted by Gasteiger charge is -2.35. The van der Waals surface area contributed by atoms with E-state index >= 15 is 0 Å². The standard InChI is InChI=1S/C17H20ClN3O3S2/c1-20(12-4-7-21(8-5-12)17(23)24)15(22)6-9-25-16-19-13-10-11(18)2-3-14(13)26-16/h2-3,10,12H,4-9H2,1H3,(H,23,24). The smallest absolute Gasteiger partial charge is 0.407 e. The molecule has 1 aliphatic rings. The number of piperidine rings is 1. The van der Waals surface area contributed by atoms with E-state index in [-0.39, 0.29) is 11.9 Å². The number of nitrogens with zero attached hydrogens (tertiary/aromatic N) is 3. The average molecular weight is 414 g/mol. The fourth-order valence-electron chi connectivity index (χ4n) is 2.99. The molecule has 0 atom stereocenters. The molecule has 3 rings (SSSR count). The van der Waals surface area contributed by atoms with Crippen molar-refractivity contribution in [2.24, 2.45) is 0 Å². The Kier molecular flexibility index (Phi) is 6.26. The summed E-state index contributed by atoms with van der Waals surface area (Å²) in [6, 6.07) is 5.78. The summed E-state index contributed by atoms with van der Waals surface area (Å²) < 4.78 is 2.03. The molecule has 6 nitrogen and oxygen atoms in total. The van der Waals surface area contributed by atoms with E-state index < -0.39 is 6.09 Å². The van der Waals surface area contributed by atoms with Gasteiger partial charge in [0.15, 0.2) is 4.34 Å². The van der Waals surface area contributed by atoms with Crippen LogP contribution in [0.3, 0.4) is 0 Å². The van der Waals surface area contributed by atoms with Gasteiger partial charge in [-0.25, -0.2) is 9.78 Å². The van der Waals surface area contributed by atoms with Gasteiger partial charge in [0.1, 0.15) is 0 Å². The predicted molar refractivity (Wildman–Crippen MR) is 105 cm³/mol. The van der Waals surface area contributed by atoms with Crippen LogP contribution in [0.5, 0.6) is 0 Å². The normalized spacial score (nSPS) is 15.4. The third-order valence-electron chi connectivity index (χ3n) is 4.55. The average Bonchev–Trinajstić information content (AvgIpc) is 3.02. The number of hydrogen-bond acceptors (Lipinski definition) is 5. The molecule has 0 aliphatic carbocycles. The summed E-state index contributed by atoms with van der Waals surface area (Å²) in [6.45, 7) is 0.973. The maximum atomic E-state index is 12.4. The second kappa shape index (κ2) is 8.45. The molecule has 1 saturated heterocycles. The second-order valence-corrected chi connectivity index (χ2v) is 9.00. The number of amides is 2. The van der Waals surface area contributed by atoms with Crippen LogP contribution in [-0.4, -0.2) is 63.8 Å². The van der Waals surface area contributed by atoms with Crippen molar-refractivity contribution in [3.05, 3.63) is 23.2 Å². The molecule has 1 aromatic heterocycles. The Labute approximate surface area is 165 Å². The van der Waals surface area contributed by atoms with Crippen LogP contribution >= 0.6 is 34.7 Å². The minimum atomic E-state index is -0.883. The van der Waals surface area contributed by atoms with Crippen LogP contribution in [0.4, 0.5) is 4.79 Å². The maximum Gasteiger partial charge on any atom is 0.407 e. The van der Waals surface area contributed by atoms with Crippen LogP contribution in [0, 0.1) is 0 Å². The van der Waals surface area contributed by atoms with E-state index in [0.717, 1.165) is 14.6 Å². The number of thioether (sulfide) groups is 1. The molecule has 2 aromatic rings. The number of carbonyl (C=O) groups is 2. The van der Waals surface area contributed by atoms with Crippen molar-refractivity contribution >= 4 is 56.9 Å². The minimum Gasteiger partial charge on any atom is -0.465 e. The lowest BCUT2D eigenvalue weighted by atomic mass is 10.0. The van der Waals surface area contributed by atoms with E-state index in [1.165, 1.54) is 4.90 Å². The van der Waals surface area contributed by atoms with Crippen LogP contribution in [0.2, 0.25) is 5.02 Å². The van der Waals surface area contributed by atoms with Gasteiger partial charge in [0.2, 0.25) is 5.91 Å². The van der Waals surface area contributed by atoms with Gasteiger partial charge in [-0.3, -0.25) is 4.79 Å². The first-order chi connectivity index (χ1) is 12.4. The number of fused-ring (bicyclic) bond motifs is 1. The number of carboxylic acid groups (broad SMARTS) is 1. The molecule has 1 N–H and O–H groups in total. The Morgan fingerprint density at radius 1 is 1.42 bits per heavy atom. The van der Waals surface area contributed by atoms with Gasteiger partial charge in [0.05, 0.1) is 10.2 Å². The molecule has 2 heterocycles. The van der Waals surface area contributed by atoms with E-state index in [1.807, 2.05) is 25.2 Å². The van der Waals surface area contributed by atoms with E-state index in [9.17, 15) is 9.59 Å². The molecule has 0 bridgehead atoms. The van der Waals surface area contributed by atoms with Crippen molar-refractivity contribution in [3.8, 4) is 0 Å². The molecule has 1 aromatic carbocycles. The summed E-state index contributed by atoms with van der Waals surface area (Å²) in [5, 5.41) is 9.67. The van der Waals surface area contributed by atoms with Crippen molar-refractivity contribution in [3.63, 3.8) is 0 Å². The van der Waals surface area contributed by atoms with Gasteiger partial charge < -0.3 is 14.9 Å². The summed E-state index contributed by atoms with van der Waals surface area (Å²) >= 11 is 9.16. The zero-order chi connectivity index (χ0) is 18.7. The van der Waals surface area contributed by atoms with Gasteiger partial charge in [0, 0.05) is 43.4 Å². The molecule has 0 saturated carbocycles. The minimum absolute atomic E-state index is 0.0930. The Morgan fingerprint density at radius 3 is 2.85 bits per heavy atom. The van der Waals surface area contributed by atoms with Crippen LogP contribution in [0.25, 0.3) is 10.2 Å². The zero-order valence-corrected chi connectivity index (χ0v) is 16.7. The van der Waals surface area contributed by atoms with E-state index in [4.69, 9.17) is 16.7 Å². The molecule has 1 fully saturated rings. The van der Waals surface area contributed by atoms with Gasteiger partial charge in [0.25, 0.3) is 0 Å². The van der Waals surface area contributed by atoms with Crippen molar-refractivity contribution in [1.29, 1.82) is 0 Å². The first-order valence-electron chi connectivity index (χ1n) is 8.36. The summed E-state index contributed by atoms with van der Waals surface area (Å²) in [7, 11) is 1.81. The predicted octanol–water partition coefficient (Wildman–Crippen LogP) is 4.03. The Hall–Kier alpha value is -1.51. The molecule has 1 aliphatic heterocycles. The summed E-state index contributed by atoms with van der Waals surface area (Å²) in [5.41, 5.74) is 0.888. The number of rotatable bonds is 5. The van der Waals surface area contributed by atoms with E-state index in [2.05, 4.69) is 4.98 Å². The highest BCUT2D eigenvalue weighted by molar-refractivity contribution is 8.01. The highest BCUT2D eigenvalue weighted by atomic mass is 35.5. The fourth-order valence-corrected chi connectivity index (χ4v) is 5.20. The first kappa shape index (κ1) is 19.3. The molecular weight excluding hydrogens is 394 g/mol. The number of aromatic nitrogens is 1. The third-order valence-corrected chi connectivity index (χ3v) is 6.96. The number of likely N-dealkylation sites (tertiary alicyclic amines) is 1. The largest absolute Gasteiger partial charge is 0.465 e. The molecular formula is C17H20ClN3O3S2. The SMILES string of the molecule is CN(C(=O)CCSc1nc2cc(Cl)ccc2s1)C1CCN(C(=O)O)CC1. The van der Waals surface area contributed by atoms with Crippen molar-refractivity contribution in [1.82, 2.24) is 14.8 Å². The summed E-state index contributed by atoms with van der Waals surface area (Å²) in [6.07, 6.45) is 0.948. The van der Waals surface area contributed by atoms with E-state index in [0.29, 0.717) is 43.1 Å². The Morgan fingerprint density at radius 2 is 2.15 bits per heavy atom. The zero-order valence-electron chi connectivity index (χ0n) is 14.4.